The van der Waals surface area contributed by atoms with Crippen molar-refractivity contribution in [3.05, 3.63) is 41.7 Å². The second kappa shape index (κ2) is 4.08. The van der Waals surface area contributed by atoms with Crippen LogP contribution in [0, 0.1) is 5.82 Å². The smallest absolute Gasteiger partial charge is 0.127 e. The standard InChI is InChI=1S/C11H13FO/c1-4-9-5-6-10(7-11(9)12)8(2)13-3/h5-7H,2,4H2,1,3H3. The molecule has 0 fully saturated rings. The van der Waals surface area contributed by atoms with E-state index in [1.54, 1.807) is 6.07 Å². The topological polar surface area (TPSA) is 9.23 Å². The van der Waals surface area contributed by atoms with Crippen LogP contribution in [0.4, 0.5) is 4.39 Å². The van der Waals surface area contributed by atoms with E-state index in [-0.39, 0.29) is 5.82 Å². The van der Waals surface area contributed by atoms with Gasteiger partial charge in [-0.25, -0.2) is 4.39 Å². The van der Waals surface area contributed by atoms with Crippen LogP contribution in [0.5, 0.6) is 0 Å². The Kier molecular flexibility index (Phi) is 3.07. The number of halogens is 1. The third kappa shape index (κ3) is 2.08. The first-order valence-electron chi connectivity index (χ1n) is 4.20. The molecule has 13 heavy (non-hydrogen) atoms. The average Bonchev–Trinajstić information content (AvgIpc) is 2.16. The van der Waals surface area contributed by atoms with Crippen LogP contribution in [0.25, 0.3) is 5.76 Å². The maximum Gasteiger partial charge on any atom is 0.127 e. The van der Waals surface area contributed by atoms with Crippen LogP contribution < -0.4 is 0 Å². The fourth-order valence-corrected chi connectivity index (χ4v) is 1.13. The summed E-state index contributed by atoms with van der Waals surface area (Å²) in [5.41, 5.74) is 1.41. The fraction of sp³-hybridized carbons (Fsp3) is 0.273. The van der Waals surface area contributed by atoms with Crippen molar-refractivity contribution < 1.29 is 9.13 Å². The van der Waals surface area contributed by atoms with Crippen molar-refractivity contribution in [1.82, 2.24) is 0 Å². The number of benzene rings is 1. The molecule has 0 N–H and O–H groups in total. The molecule has 0 bridgehead atoms. The molecule has 1 nitrogen and oxygen atoms in total. The van der Waals surface area contributed by atoms with Gasteiger partial charge in [-0.15, -0.1) is 0 Å². The number of aryl methyl sites for hydroxylation is 1. The summed E-state index contributed by atoms with van der Waals surface area (Å²) in [6, 6.07) is 5.02. The Morgan fingerprint density at radius 3 is 2.69 bits per heavy atom. The molecule has 0 aliphatic rings. The van der Waals surface area contributed by atoms with Crippen LogP contribution in [-0.2, 0) is 11.2 Å². The summed E-state index contributed by atoms with van der Waals surface area (Å²) >= 11 is 0. The number of methoxy groups -OCH3 is 1. The zero-order valence-electron chi connectivity index (χ0n) is 7.93. The van der Waals surface area contributed by atoms with E-state index in [2.05, 4.69) is 6.58 Å². The summed E-state index contributed by atoms with van der Waals surface area (Å²) in [5, 5.41) is 0. The van der Waals surface area contributed by atoms with Crippen molar-refractivity contribution in [1.29, 1.82) is 0 Å². The molecule has 2 heteroatoms. The summed E-state index contributed by atoms with van der Waals surface area (Å²) < 4.78 is 18.2. The molecule has 1 aromatic rings. The minimum Gasteiger partial charge on any atom is -0.497 e. The lowest BCUT2D eigenvalue weighted by Gasteiger charge is -2.05. The van der Waals surface area contributed by atoms with Gasteiger partial charge in [0.1, 0.15) is 11.6 Å². The van der Waals surface area contributed by atoms with Crippen LogP contribution in [0.3, 0.4) is 0 Å². The predicted molar refractivity (Wildman–Crippen MR) is 51.8 cm³/mol. The Hall–Kier alpha value is -1.31. The molecular weight excluding hydrogens is 167 g/mol. The van der Waals surface area contributed by atoms with Crippen LogP contribution in [0.1, 0.15) is 18.1 Å². The minimum absolute atomic E-state index is 0.196. The first kappa shape index (κ1) is 9.78. The summed E-state index contributed by atoms with van der Waals surface area (Å²) in [6.07, 6.45) is 0.700. The van der Waals surface area contributed by atoms with Gasteiger partial charge in [0, 0.05) is 5.56 Å². The highest BCUT2D eigenvalue weighted by Gasteiger charge is 2.03. The highest BCUT2D eigenvalue weighted by Crippen LogP contribution is 2.17. The summed E-state index contributed by atoms with van der Waals surface area (Å²) in [4.78, 5) is 0. The Morgan fingerprint density at radius 2 is 2.23 bits per heavy atom. The predicted octanol–water partition coefficient (Wildman–Crippen LogP) is 3.01. The van der Waals surface area contributed by atoms with Crippen molar-refractivity contribution in [2.75, 3.05) is 7.11 Å². The Labute approximate surface area is 77.8 Å². The lowest BCUT2D eigenvalue weighted by molar-refractivity contribution is 0.371. The van der Waals surface area contributed by atoms with Gasteiger partial charge in [-0.2, -0.15) is 0 Å². The molecule has 0 saturated carbocycles. The molecule has 0 amide bonds. The van der Waals surface area contributed by atoms with Crippen LogP contribution >= 0.6 is 0 Å². The molecule has 0 spiro atoms. The molecule has 1 aromatic carbocycles. The van der Waals surface area contributed by atoms with Gasteiger partial charge in [-0.1, -0.05) is 25.6 Å². The molecule has 0 radical (unpaired) electrons. The van der Waals surface area contributed by atoms with E-state index in [1.165, 1.54) is 13.2 Å². The lowest BCUT2D eigenvalue weighted by atomic mass is 10.1. The molecule has 1 rings (SSSR count). The maximum atomic E-state index is 13.3. The number of hydrogen-bond donors (Lipinski definition) is 0. The van der Waals surface area contributed by atoms with E-state index in [4.69, 9.17) is 4.74 Å². The maximum absolute atomic E-state index is 13.3. The first-order valence-corrected chi connectivity index (χ1v) is 4.20. The van der Waals surface area contributed by atoms with Gasteiger partial charge in [-0.3, -0.25) is 0 Å². The van der Waals surface area contributed by atoms with Gasteiger partial charge in [0.2, 0.25) is 0 Å². The number of ether oxygens (including phenoxy) is 1. The van der Waals surface area contributed by atoms with Gasteiger partial charge in [0.05, 0.1) is 7.11 Å². The van der Waals surface area contributed by atoms with E-state index in [1.807, 2.05) is 13.0 Å². The third-order valence-electron chi connectivity index (χ3n) is 2.00. The normalized spacial score (nSPS) is 9.77. The number of hydrogen-bond acceptors (Lipinski definition) is 1. The van der Waals surface area contributed by atoms with E-state index < -0.39 is 0 Å². The van der Waals surface area contributed by atoms with Crippen LogP contribution in [0.2, 0.25) is 0 Å². The molecule has 0 aromatic heterocycles. The van der Waals surface area contributed by atoms with Gasteiger partial charge >= 0.3 is 0 Å². The van der Waals surface area contributed by atoms with Crippen molar-refractivity contribution in [3.8, 4) is 0 Å². The highest BCUT2D eigenvalue weighted by molar-refractivity contribution is 5.57. The molecule has 0 saturated heterocycles. The van der Waals surface area contributed by atoms with Gasteiger partial charge in [0.15, 0.2) is 0 Å². The average molecular weight is 180 g/mol. The lowest BCUT2D eigenvalue weighted by Crippen LogP contribution is -1.91. The SMILES string of the molecule is C=C(OC)c1ccc(CC)c(F)c1. The molecule has 0 aliphatic carbocycles. The molecule has 0 heterocycles. The third-order valence-corrected chi connectivity index (χ3v) is 2.00. The summed E-state index contributed by atoms with van der Waals surface area (Å²) in [7, 11) is 1.52. The van der Waals surface area contributed by atoms with E-state index in [0.29, 0.717) is 23.3 Å². The van der Waals surface area contributed by atoms with E-state index >= 15 is 0 Å². The largest absolute Gasteiger partial charge is 0.497 e. The van der Waals surface area contributed by atoms with Gasteiger partial charge in [0.25, 0.3) is 0 Å². The van der Waals surface area contributed by atoms with Crippen molar-refractivity contribution in [2.45, 2.75) is 13.3 Å². The second-order valence-electron chi connectivity index (χ2n) is 2.79. The minimum atomic E-state index is -0.196. The van der Waals surface area contributed by atoms with Crippen molar-refractivity contribution in [2.24, 2.45) is 0 Å². The highest BCUT2D eigenvalue weighted by atomic mass is 19.1. The zero-order valence-corrected chi connectivity index (χ0v) is 7.93. The summed E-state index contributed by atoms with van der Waals surface area (Å²) in [6.45, 7) is 5.57. The zero-order chi connectivity index (χ0) is 9.84. The molecule has 0 atom stereocenters. The van der Waals surface area contributed by atoms with E-state index in [0.717, 1.165) is 0 Å². The van der Waals surface area contributed by atoms with Crippen molar-refractivity contribution >= 4 is 5.76 Å². The Bertz CT molecular complexity index is 318. The number of rotatable bonds is 3. The van der Waals surface area contributed by atoms with Crippen LogP contribution in [0.15, 0.2) is 24.8 Å². The summed E-state index contributed by atoms with van der Waals surface area (Å²) in [5.74, 6) is 0.291. The fourth-order valence-electron chi connectivity index (χ4n) is 1.13. The molecule has 70 valence electrons. The quantitative estimate of drug-likeness (QED) is 0.650. The first-order chi connectivity index (χ1) is 6.19. The van der Waals surface area contributed by atoms with Gasteiger partial charge in [-0.05, 0) is 18.1 Å². The molecule has 0 aliphatic heterocycles. The van der Waals surface area contributed by atoms with Crippen LogP contribution in [-0.4, -0.2) is 7.11 Å². The molecule has 0 unspecified atom stereocenters. The van der Waals surface area contributed by atoms with Crippen molar-refractivity contribution in [3.63, 3.8) is 0 Å². The second-order valence-corrected chi connectivity index (χ2v) is 2.79. The Morgan fingerprint density at radius 1 is 1.54 bits per heavy atom. The Balaban J connectivity index is 3.02. The molecular formula is C11H13FO. The monoisotopic (exact) mass is 180 g/mol. The van der Waals surface area contributed by atoms with E-state index in [9.17, 15) is 4.39 Å². The van der Waals surface area contributed by atoms with Gasteiger partial charge < -0.3 is 4.74 Å².